The molecule has 1 aromatic heterocycles. The number of halogens is 1. The largest absolute Gasteiger partial charge is 0.383 e. The Morgan fingerprint density at radius 3 is 2.79 bits per heavy atom. The number of pyridine rings is 1. The third kappa shape index (κ3) is 3.08. The number of carbonyl (C=O) groups is 1. The van der Waals surface area contributed by atoms with Crippen molar-refractivity contribution in [2.75, 3.05) is 18.8 Å². The minimum Gasteiger partial charge on any atom is -0.383 e. The second kappa shape index (κ2) is 5.12. The second-order valence-electron chi connectivity index (χ2n) is 6.19. The Kier molecular flexibility index (Phi) is 3.85. The number of nitrogen functional groups attached to an aromatic ring is 1. The molecule has 0 spiro atoms. The Balaban J connectivity index is 2.16. The van der Waals surface area contributed by atoms with E-state index in [4.69, 9.17) is 5.73 Å². The number of nitrogens with two attached hydrogens (primary N) is 1. The zero-order valence-corrected chi connectivity index (χ0v) is 13.2. The normalized spacial score (nSPS) is 19.8. The van der Waals surface area contributed by atoms with E-state index in [1.807, 2.05) is 4.90 Å². The van der Waals surface area contributed by atoms with Crippen LogP contribution in [0.2, 0.25) is 0 Å². The predicted octanol–water partition coefficient (Wildman–Crippen LogP) is 2.93. The van der Waals surface area contributed by atoms with Crippen LogP contribution in [0, 0.1) is 11.3 Å². The standard InChI is InChI=1S/C14H20BrN3O/c1-14(2,3)9-4-5-18(8-9)13(19)11-6-10(15)7-17-12(11)16/h6-7,9H,4-5,8H2,1-3H3,(H2,16,17). The Labute approximate surface area is 122 Å². The molecule has 1 saturated heterocycles. The van der Waals surface area contributed by atoms with Crippen LogP contribution in [0.5, 0.6) is 0 Å². The fourth-order valence-electron chi connectivity index (χ4n) is 2.44. The quantitative estimate of drug-likeness (QED) is 0.863. The number of hydrogen-bond acceptors (Lipinski definition) is 3. The molecule has 1 fully saturated rings. The number of likely N-dealkylation sites (tertiary alicyclic amines) is 1. The lowest BCUT2D eigenvalue weighted by atomic mass is 9.80. The smallest absolute Gasteiger partial charge is 0.257 e. The van der Waals surface area contributed by atoms with E-state index in [2.05, 4.69) is 41.7 Å². The number of carbonyl (C=O) groups excluding carboxylic acids is 1. The van der Waals surface area contributed by atoms with Crippen molar-refractivity contribution < 1.29 is 4.79 Å². The molecule has 104 valence electrons. The number of amides is 1. The van der Waals surface area contributed by atoms with Crippen LogP contribution in [0.3, 0.4) is 0 Å². The van der Waals surface area contributed by atoms with Crippen LogP contribution in [0.25, 0.3) is 0 Å². The van der Waals surface area contributed by atoms with Gasteiger partial charge in [0.25, 0.3) is 5.91 Å². The minimum absolute atomic E-state index is 0.0157. The number of rotatable bonds is 1. The number of hydrogen-bond donors (Lipinski definition) is 1. The summed E-state index contributed by atoms with van der Waals surface area (Å²) in [4.78, 5) is 18.4. The highest BCUT2D eigenvalue weighted by Gasteiger charge is 2.34. The van der Waals surface area contributed by atoms with Crippen LogP contribution in [0.4, 0.5) is 5.82 Å². The Morgan fingerprint density at radius 1 is 1.53 bits per heavy atom. The highest BCUT2D eigenvalue weighted by atomic mass is 79.9. The maximum absolute atomic E-state index is 12.5. The predicted molar refractivity (Wildman–Crippen MR) is 79.8 cm³/mol. The average Bonchev–Trinajstić information content (AvgIpc) is 2.80. The topological polar surface area (TPSA) is 59.2 Å². The van der Waals surface area contributed by atoms with Crippen LogP contribution in [-0.2, 0) is 0 Å². The van der Waals surface area contributed by atoms with Crippen LogP contribution in [0.1, 0.15) is 37.6 Å². The number of nitrogens with zero attached hydrogens (tertiary/aromatic N) is 2. The van der Waals surface area contributed by atoms with E-state index in [9.17, 15) is 4.79 Å². The fraction of sp³-hybridized carbons (Fsp3) is 0.571. The minimum atomic E-state index is -0.0157. The van der Waals surface area contributed by atoms with Gasteiger partial charge in [0.15, 0.2) is 0 Å². The first-order chi connectivity index (χ1) is 8.79. The molecule has 2 rings (SSSR count). The van der Waals surface area contributed by atoms with Crippen molar-refractivity contribution in [1.29, 1.82) is 0 Å². The average molecular weight is 326 g/mol. The fourth-order valence-corrected chi connectivity index (χ4v) is 2.77. The first-order valence-corrected chi connectivity index (χ1v) is 7.28. The Hall–Kier alpha value is -1.10. The molecule has 0 radical (unpaired) electrons. The van der Waals surface area contributed by atoms with E-state index < -0.39 is 0 Å². The van der Waals surface area contributed by atoms with E-state index in [0.29, 0.717) is 17.3 Å². The molecule has 19 heavy (non-hydrogen) atoms. The van der Waals surface area contributed by atoms with Gasteiger partial charge in [-0.25, -0.2) is 4.98 Å². The summed E-state index contributed by atoms with van der Waals surface area (Å²) in [6, 6.07) is 1.75. The first-order valence-electron chi connectivity index (χ1n) is 6.49. The van der Waals surface area contributed by atoms with E-state index in [1.54, 1.807) is 12.3 Å². The van der Waals surface area contributed by atoms with Gasteiger partial charge in [0.2, 0.25) is 0 Å². The molecule has 1 atom stereocenters. The molecule has 0 saturated carbocycles. The van der Waals surface area contributed by atoms with Crippen LogP contribution in [0.15, 0.2) is 16.7 Å². The summed E-state index contributed by atoms with van der Waals surface area (Å²) in [6.07, 6.45) is 2.66. The summed E-state index contributed by atoms with van der Waals surface area (Å²) in [6.45, 7) is 8.27. The van der Waals surface area contributed by atoms with Gasteiger partial charge in [-0.15, -0.1) is 0 Å². The highest BCUT2D eigenvalue weighted by molar-refractivity contribution is 9.10. The van der Waals surface area contributed by atoms with Crippen molar-refractivity contribution in [2.24, 2.45) is 11.3 Å². The van der Waals surface area contributed by atoms with Gasteiger partial charge in [-0.05, 0) is 39.8 Å². The lowest BCUT2D eigenvalue weighted by molar-refractivity contribution is 0.0777. The van der Waals surface area contributed by atoms with Crippen molar-refractivity contribution in [2.45, 2.75) is 27.2 Å². The van der Waals surface area contributed by atoms with Crippen molar-refractivity contribution in [3.8, 4) is 0 Å². The molecular formula is C14H20BrN3O. The van der Waals surface area contributed by atoms with Gasteiger partial charge in [0, 0.05) is 23.8 Å². The van der Waals surface area contributed by atoms with Gasteiger partial charge in [-0.2, -0.15) is 0 Å². The zero-order chi connectivity index (χ0) is 14.2. The summed E-state index contributed by atoms with van der Waals surface area (Å²) in [5, 5.41) is 0. The van der Waals surface area contributed by atoms with E-state index in [0.717, 1.165) is 24.0 Å². The Morgan fingerprint density at radius 2 is 2.21 bits per heavy atom. The third-order valence-corrected chi connectivity index (χ3v) is 4.25. The molecule has 1 amide bonds. The molecule has 0 bridgehead atoms. The second-order valence-corrected chi connectivity index (χ2v) is 7.10. The van der Waals surface area contributed by atoms with Crippen LogP contribution >= 0.6 is 15.9 Å². The molecule has 4 nitrogen and oxygen atoms in total. The lowest BCUT2D eigenvalue weighted by Crippen LogP contribution is -2.31. The molecule has 1 unspecified atom stereocenters. The molecule has 1 aliphatic rings. The van der Waals surface area contributed by atoms with E-state index >= 15 is 0 Å². The summed E-state index contributed by atoms with van der Waals surface area (Å²) in [5.74, 6) is 0.822. The van der Waals surface area contributed by atoms with Gasteiger partial charge < -0.3 is 10.6 Å². The molecule has 1 aromatic rings. The third-order valence-electron chi connectivity index (χ3n) is 3.82. The van der Waals surface area contributed by atoms with Gasteiger partial charge in [0.1, 0.15) is 5.82 Å². The van der Waals surface area contributed by atoms with Crippen molar-refractivity contribution in [3.63, 3.8) is 0 Å². The maximum Gasteiger partial charge on any atom is 0.257 e. The zero-order valence-electron chi connectivity index (χ0n) is 11.6. The van der Waals surface area contributed by atoms with Gasteiger partial charge >= 0.3 is 0 Å². The summed E-state index contributed by atoms with van der Waals surface area (Å²) < 4.78 is 0.775. The number of anilines is 1. The molecule has 0 aliphatic carbocycles. The molecule has 0 aromatic carbocycles. The van der Waals surface area contributed by atoms with Crippen LogP contribution in [-0.4, -0.2) is 28.9 Å². The summed E-state index contributed by atoms with van der Waals surface area (Å²) in [7, 11) is 0. The van der Waals surface area contributed by atoms with Gasteiger partial charge in [-0.3, -0.25) is 4.79 Å². The maximum atomic E-state index is 12.5. The van der Waals surface area contributed by atoms with Crippen molar-refractivity contribution in [1.82, 2.24) is 9.88 Å². The van der Waals surface area contributed by atoms with Crippen molar-refractivity contribution in [3.05, 3.63) is 22.3 Å². The first kappa shape index (κ1) is 14.3. The molecular weight excluding hydrogens is 306 g/mol. The highest BCUT2D eigenvalue weighted by Crippen LogP contribution is 2.34. The molecule has 2 N–H and O–H groups in total. The Bertz CT molecular complexity index is 496. The van der Waals surface area contributed by atoms with E-state index in [-0.39, 0.29) is 11.3 Å². The SMILES string of the molecule is CC(C)(C)C1CCN(C(=O)c2cc(Br)cnc2N)C1. The summed E-state index contributed by atoms with van der Waals surface area (Å²) >= 11 is 3.33. The number of aromatic nitrogens is 1. The van der Waals surface area contributed by atoms with Gasteiger partial charge in [-0.1, -0.05) is 20.8 Å². The van der Waals surface area contributed by atoms with Crippen LogP contribution < -0.4 is 5.73 Å². The molecule has 5 heteroatoms. The van der Waals surface area contributed by atoms with Crippen molar-refractivity contribution >= 4 is 27.7 Å². The lowest BCUT2D eigenvalue weighted by Gasteiger charge is -2.27. The monoisotopic (exact) mass is 325 g/mol. The summed E-state index contributed by atoms with van der Waals surface area (Å²) in [5.41, 5.74) is 6.52. The van der Waals surface area contributed by atoms with Gasteiger partial charge in [0.05, 0.1) is 5.56 Å². The van der Waals surface area contributed by atoms with E-state index in [1.165, 1.54) is 0 Å². The molecule has 1 aliphatic heterocycles. The molecule has 2 heterocycles.